The molecule has 2 aromatic rings. The van der Waals surface area contributed by atoms with E-state index in [2.05, 4.69) is 34.8 Å². The van der Waals surface area contributed by atoms with Crippen molar-refractivity contribution < 1.29 is 14.6 Å². The number of rotatable bonds is 10. The minimum Gasteiger partial charge on any atom is -0.389 e. The van der Waals surface area contributed by atoms with E-state index in [0.717, 1.165) is 38.1 Å². The summed E-state index contributed by atoms with van der Waals surface area (Å²) in [5, 5.41) is 10.5. The van der Waals surface area contributed by atoms with E-state index in [1.54, 1.807) is 0 Å². The van der Waals surface area contributed by atoms with Crippen LogP contribution in [0.15, 0.2) is 48.7 Å². The zero-order chi connectivity index (χ0) is 18.2. The largest absolute Gasteiger partial charge is 0.389 e. The lowest BCUT2D eigenvalue weighted by Crippen LogP contribution is -2.39. The summed E-state index contributed by atoms with van der Waals surface area (Å²) >= 11 is 0. The SMILES string of the molecule is Cn1cccc1CN(C[C@H](O)COCc1ccccc1)C[C@@H]1CCCO1. The van der Waals surface area contributed by atoms with Crippen LogP contribution in [0.25, 0.3) is 0 Å². The molecule has 1 aromatic heterocycles. The average molecular weight is 358 g/mol. The van der Waals surface area contributed by atoms with E-state index in [-0.39, 0.29) is 6.10 Å². The zero-order valence-corrected chi connectivity index (χ0v) is 15.6. The normalized spacial score (nSPS) is 18.5. The summed E-state index contributed by atoms with van der Waals surface area (Å²) in [6, 6.07) is 14.2. The highest BCUT2D eigenvalue weighted by atomic mass is 16.5. The Morgan fingerprint density at radius 2 is 2.12 bits per heavy atom. The van der Waals surface area contributed by atoms with Crippen LogP contribution in [0.3, 0.4) is 0 Å². The van der Waals surface area contributed by atoms with Crippen LogP contribution in [-0.2, 0) is 29.7 Å². The molecule has 0 spiro atoms. The van der Waals surface area contributed by atoms with Gasteiger partial charge in [-0.05, 0) is 30.5 Å². The molecule has 1 fully saturated rings. The highest BCUT2D eigenvalue weighted by Crippen LogP contribution is 2.15. The number of hydrogen-bond donors (Lipinski definition) is 1. The molecular formula is C21H30N2O3. The first-order valence-corrected chi connectivity index (χ1v) is 9.44. The van der Waals surface area contributed by atoms with Crippen LogP contribution in [0, 0.1) is 0 Å². The quantitative estimate of drug-likeness (QED) is 0.709. The number of nitrogens with zero attached hydrogens (tertiary/aromatic N) is 2. The van der Waals surface area contributed by atoms with Crippen molar-refractivity contribution in [2.45, 2.75) is 38.2 Å². The number of benzene rings is 1. The molecule has 2 heterocycles. The van der Waals surface area contributed by atoms with Crippen molar-refractivity contribution in [2.75, 3.05) is 26.3 Å². The smallest absolute Gasteiger partial charge is 0.0900 e. The van der Waals surface area contributed by atoms with Crippen molar-refractivity contribution in [1.29, 1.82) is 0 Å². The fourth-order valence-electron chi connectivity index (χ4n) is 3.41. The van der Waals surface area contributed by atoms with Gasteiger partial charge in [0.2, 0.25) is 0 Å². The van der Waals surface area contributed by atoms with Gasteiger partial charge in [0.1, 0.15) is 0 Å². The molecule has 0 aliphatic carbocycles. The van der Waals surface area contributed by atoms with E-state index in [4.69, 9.17) is 9.47 Å². The van der Waals surface area contributed by atoms with Crippen molar-refractivity contribution in [3.63, 3.8) is 0 Å². The number of aryl methyl sites for hydroxylation is 1. The predicted octanol–water partition coefficient (Wildman–Crippen LogP) is 2.58. The molecule has 1 aliphatic rings. The van der Waals surface area contributed by atoms with Crippen LogP contribution < -0.4 is 0 Å². The summed E-state index contributed by atoms with van der Waals surface area (Å²) in [4.78, 5) is 2.28. The first-order valence-electron chi connectivity index (χ1n) is 9.44. The summed E-state index contributed by atoms with van der Waals surface area (Å²) in [6.07, 6.45) is 4.04. The summed E-state index contributed by atoms with van der Waals surface area (Å²) in [7, 11) is 2.05. The van der Waals surface area contributed by atoms with Gasteiger partial charge < -0.3 is 19.1 Å². The molecule has 3 rings (SSSR count). The van der Waals surface area contributed by atoms with Gasteiger partial charge in [0.25, 0.3) is 0 Å². The van der Waals surface area contributed by atoms with Crippen LogP contribution >= 0.6 is 0 Å². The van der Waals surface area contributed by atoms with Crippen LogP contribution in [0.4, 0.5) is 0 Å². The van der Waals surface area contributed by atoms with Crippen LogP contribution in [-0.4, -0.2) is 53.1 Å². The highest BCUT2D eigenvalue weighted by Gasteiger charge is 2.21. The van der Waals surface area contributed by atoms with E-state index in [9.17, 15) is 5.11 Å². The van der Waals surface area contributed by atoms with Gasteiger partial charge in [0.15, 0.2) is 0 Å². The van der Waals surface area contributed by atoms with Gasteiger partial charge in [-0.15, -0.1) is 0 Å². The van der Waals surface area contributed by atoms with Gasteiger partial charge in [-0.2, -0.15) is 0 Å². The monoisotopic (exact) mass is 358 g/mol. The number of aliphatic hydroxyl groups excluding tert-OH is 1. The van der Waals surface area contributed by atoms with Gasteiger partial charge in [-0.1, -0.05) is 30.3 Å². The molecule has 0 unspecified atom stereocenters. The fraction of sp³-hybridized carbons (Fsp3) is 0.524. The van der Waals surface area contributed by atoms with Gasteiger partial charge in [0, 0.05) is 45.2 Å². The molecule has 1 saturated heterocycles. The second-order valence-electron chi connectivity index (χ2n) is 7.09. The third kappa shape index (κ3) is 5.95. The van der Waals surface area contributed by atoms with Crippen LogP contribution in [0.2, 0.25) is 0 Å². The second kappa shape index (κ2) is 9.88. The lowest BCUT2D eigenvalue weighted by Gasteiger charge is -2.27. The van der Waals surface area contributed by atoms with Crippen molar-refractivity contribution in [3.8, 4) is 0 Å². The van der Waals surface area contributed by atoms with Gasteiger partial charge >= 0.3 is 0 Å². The van der Waals surface area contributed by atoms with Crippen molar-refractivity contribution in [1.82, 2.24) is 9.47 Å². The molecular weight excluding hydrogens is 328 g/mol. The third-order valence-electron chi connectivity index (χ3n) is 4.81. The molecule has 26 heavy (non-hydrogen) atoms. The van der Waals surface area contributed by atoms with E-state index < -0.39 is 6.10 Å². The van der Waals surface area contributed by atoms with Crippen molar-refractivity contribution >= 4 is 0 Å². The van der Waals surface area contributed by atoms with Gasteiger partial charge in [-0.3, -0.25) is 4.90 Å². The fourth-order valence-corrected chi connectivity index (χ4v) is 3.41. The number of aliphatic hydroxyl groups is 1. The maximum atomic E-state index is 10.5. The lowest BCUT2D eigenvalue weighted by atomic mass is 10.2. The Labute approximate surface area is 156 Å². The van der Waals surface area contributed by atoms with E-state index in [1.165, 1.54) is 5.69 Å². The summed E-state index contributed by atoms with van der Waals surface area (Å²) in [5.74, 6) is 0. The van der Waals surface area contributed by atoms with Crippen LogP contribution in [0.1, 0.15) is 24.1 Å². The Hall–Kier alpha value is -1.66. The molecule has 5 heteroatoms. The topological polar surface area (TPSA) is 46.9 Å². The van der Waals surface area contributed by atoms with E-state index >= 15 is 0 Å². The molecule has 1 aliphatic heterocycles. The molecule has 0 saturated carbocycles. The maximum absolute atomic E-state index is 10.5. The Balaban J connectivity index is 1.49. The molecule has 0 bridgehead atoms. The average Bonchev–Trinajstić information content (AvgIpc) is 3.28. The molecule has 0 radical (unpaired) electrons. The predicted molar refractivity (Wildman–Crippen MR) is 102 cm³/mol. The minimum atomic E-state index is -0.514. The van der Waals surface area contributed by atoms with Gasteiger partial charge in [-0.25, -0.2) is 0 Å². The molecule has 0 amide bonds. The first-order chi connectivity index (χ1) is 12.7. The Kier molecular flexibility index (Phi) is 7.26. The Morgan fingerprint density at radius 1 is 1.27 bits per heavy atom. The number of ether oxygens (including phenoxy) is 2. The molecule has 1 N–H and O–H groups in total. The lowest BCUT2D eigenvalue weighted by molar-refractivity contribution is -0.00328. The Morgan fingerprint density at radius 3 is 2.81 bits per heavy atom. The highest BCUT2D eigenvalue weighted by molar-refractivity contribution is 5.13. The maximum Gasteiger partial charge on any atom is 0.0900 e. The minimum absolute atomic E-state index is 0.271. The standard InChI is InChI=1S/C21H30N2O3/c1-22-11-5-9-19(22)13-23(15-21-10-6-12-26-21)14-20(24)17-25-16-18-7-3-2-4-8-18/h2-5,7-9,11,20-21,24H,6,10,12-17H2,1H3/t20-,21-/m0/s1. The van der Waals surface area contributed by atoms with E-state index in [1.807, 2.05) is 30.3 Å². The molecule has 1 aromatic carbocycles. The number of aromatic nitrogens is 1. The molecule has 5 nitrogen and oxygen atoms in total. The van der Waals surface area contributed by atoms with Crippen molar-refractivity contribution in [3.05, 3.63) is 59.9 Å². The third-order valence-corrected chi connectivity index (χ3v) is 4.81. The second-order valence-corrected chi connectivity index (χ2v) is 7.09. The zero-order valence-electron chi connectivity index (χ0n) is 15.6. The molecule has 142 valence electrons. The van der Waals surface area contributed by atoms with E-state index in [0.29, 0.717) is 19.8 Å². The first kappa shape index (κ1) is 19.1. The van der Waals surface area contributed by atoms with Crippen LogP contribution in [0.5, 0.6) is 0 Å². The number of hydrogen-bond acceptors (Lipinski definition) is 4. The molecule has 2 atom stereocenters. The Bertz CT molecular complexity index is 638. The summed E-state index contributed by atoms with van der Waals surface area (Å²) < 4.78 is 13.6. The summed E-state index contributed by atoms with van der Waals surface area (Å²) in [6.45, 7) is 3.96. The van der Waals surface area contributed by atoms with Crippen molar-refractivity contribution in [2.24, 2.45) is 7.05 Å². The summed E-state index contributed by atoms with van der Waals surface area (Å²) in [5.41, 5.74) is 2.36. The van der Waals surface area contributed by atoms with Gasteiger partial charge in [0.05, 0.1) is 25.4 Å².